The fourth-order valence-electron chi connectivity index (χ4n) is 4.95. The fraction of sp³-hybridized carbons (Fsp3) is 0.182. The van der Waals surface area contributed by atoms with Gasteiger partial charge >= 0.3 is 0 Å². The van der Waals surface area contributed by atoms with Gasteiger partial charge in [0.15, 0.2) is 11.0 Å². The van der Waals surface area contributed by atoms with Gasteiger partial charge in [-0.3, -0.25) is 9.59 Å². The van der Waals surface area contributed by atoms with E-state index >= 15 is 0 Å². The Morgan fingerprint density at radius 2 is 1.75 bits per heavy atom. The molecule has 0 radical (unpaired) electrons. The van der Waals surface area contributed by atoms with Crippen molar-refractivity contribution in [2.24, 2.45) is 5.10 Å². The third kappa shape index (κ3) is 6.63. The molecule has 0 fully saturated rings. The van der Waals surface area contributed by atoms with Crippen LogP contribution in [0.15, 0.2) is 107 Å². The van der Waals surface area contributed by atoms with Crippen LogP contribution in [0, 0.1) is 12.7 Å². The van der Waals surface area contributed by atoms with E-state index < -0.39 is 11.7 Å². The number of aromatic nitrogens is 3. The van der Waals surface area contributed by atoms with Crippen LogP contribution in [0.4, 0.5) is 4.39 Å². The average Bonchev–Trinajstić information content (AvgIpc) is 3.81. The van der Waals surface area contributed by atoms with Gasteiger partial charge in [0, 0.05) is 6.42 Å². The summed E-state index contributed by atoms with van der Waals surface area (Å²) in [5.74, 6) is -0.697. The Bertz CT molecular complexity index is 1790. The summed E-state index contributed by atoms with van der Waals surface area (Å²) >= 11 is 2.88. The second-order valence-electron chi connectivity index (χ2n) is 10.3. The van der Waals surface area contributed by atoms with Crippen LogP contribution in [0.2, 0.25) is 0 Å². The number of rotatable bonds is 10. The van der Waals surface area contributed by atoms with Crippen LogP contribution in [-0.2, 0) is 17.9 Å². The Hall–Kier alpha value is -4.61. The average molecular weight is 625 g/mol. The predicted molar refractivity (Wildman–Crippen MR) is 170 cm³/mol. The van der Waals surface area contributed by atoms with Crippen molar-refractivity contribution in [3.8, 4) is 0 Å². The van der Waals surface area contributed by atoms with Gasteiger partial charge in [-0.2, -0.15) is 5.10 Å². The van der Waals surface area contributed by atoms with Crippen molar-refractivity contribution < 1.29 is 14.0 Å². The van der Waals surface area contributed by atoms with E-state index in [4.69, 9.17) is 5.10 Å². The lowest BCUT2D eigenvalue weighted by atomic mass is 10.00. The molecule has 2 amide bonds. The SMILES string of the molecule is Cc1ccc([C@@H]2CC(c3cccs3)=NN2C(=O)CSc2nnc(CNC(=O)c3ccccc3F)n2Cc2ccccc2)cc1. The van der Waals surface area contributed by atoms with Gasteiger partial charge in [-0.1, -0.05) is 90.1 Å². The number of halogens is 1. The number of aryl methyl sites for hydroxylation is 1. The second kappa shape index (κ2) is 13.4. The minimum absolute atomic E-state index is 0.0393. The van der Waals surface area contributed by atoms with Crippen LogP contribution in [0.1, 0.15) is 50.2 Å². The Balaban J connectivity index is 1.21. The maximum atomic E-state index is 14.2. The summed E-state index contributed by atoms with van der Waals surface area (Å²) in [6.07, 6.45) is 0.635. The summed E-state index contributed by atoms with van der Waals surface area (Å²) in [5.41, 5.74) is 4.04. The number of thioether (sulfide) groups is 1. The van der Waals surface area contributed by atoms with Gasteiger partial charge in [0.05, 0.1) is 41.0 Å². The number of hydrogen-bond acceptors (Lipinski definition) is 7. The zero-order chi connectivity index (χ0) is 30.5. The number of thiophene rings is 1. The number of nitrogens with zero attached hydrogens (tertiary/aromatic N) is 5. The summed E-state index contributed by atoms with van der Waals surface area (Å²) in [6, 6.07) is 27.6. The smallest absolute Gasteiger partial charge is 0.254 e. The quantitative estimate of drug-likeness (QED) is 0.186. The molecule has 0 bridgehead atoms. The maximum Gasteiger partial charge on any atom is 0.254 e. The fourth-order valence-corrected chi connectivity index (χ4v) is 6.48. The molecule has 8 nitrogen and oxygen atoms in total. The largest absolute Gasteiger partial charge is 0.345 e. The van der Waals surface area contributed by atoms with Gasteiger partial charge in [0.2, 0.25) is 0 Å². The van der Waals surface area contributed by atoms with Gasteiger partial charge < -0.3 is 9.88 Å². The summed E-state index contributed by atoms with van der Waals surface area (Å²) in [5, 5.41) is 20.4. The van der Waals surface area contributed by atoms with Crippen molar-refractivity contribution in [1.82, 2.24) is 25.1 Å². The zero-order valence-electron chi connectivity index (χ0n) is 23.9. The topological polar surface area (TPSA) is 92.5 Å². The van der Waals surface area contributed by atoms with Gasteiger partial charge in [0.25, 0.3) is 11.8 Å². The van der Waals surface area contributed by atoms with E-state index in [1.807, 2.05) is 59.3 Å². The lowest BCUT2D eigenvalue weighted by molar-refractivity contribution is -0.130. The maximum absolute atomic E-state index is 14.2. The number of hydrazone groups is 1. The number of amides is 2. The van der Waals surface area contributed by atoms with E-state index in [0.717, 1.165) is 27.3 Å². The predicted octanol–water partition coefficient (Wildman–Crippen LogP) is 6.24. The Kier molecular flexibility index (Phi) is 8.94. The van der Waals surface area contributed by atoms with Gasteiger partial charge in [-0.05, 0) is 41.6 Å². The highest BCUT2D eigenvalue weighted by Crippen LogP contribution is 2.35. The van der Waals surface area contributed by atoms with Crippen LogP contribution in [0.25, 0.3) is 0 Å². The number of nitrogens with one attached hydrogen (secondary N) is 1. The number of hydrogen-bond donors (Lipinski definition) is 1. The van der Waals surface area contributed by atoms with E-state index in [-0.39, 0.29) is 29.8 Å². The van der Waals surface area contributed by atoms with Crippen molar-refractivity contribution in [1.29, 1.82) is 0 Å². The third-order valence-corrected chi connectivity index (χ3v) is 9.13. The molecule has 1 atom stereocenters. The molecular weight excluding hydrogens is 596 g/mol. The number of benzene rings is 3. The van der Waals surface area contributed by atoms with E-state index in [1.54, 1.807) is 22.4 Å². The molecule has 3 aromatic carbocycles. The normalized spacial score (nSPS) is 14.5. The molecule has 1 N–H and O–H groups in total. The molecule has 0 saturated heterocycles. The molecule has 11 heteroatoms. The molecule has 2 aromatic heterocycles. The molecule has 0 unspecified atom stereocenters. The summed E-state index contributed by atoms with van der Waals surface area (Å²) in [4.78, 5) is 27.4. The van der Waals surface area contributed by atoms with Gasteiger partial charge in [-0.25, -0.2) is 9.40 Å². The van der Waals surface area contributed by atoms with Crippen LogP contribution in [0.5, 0.6) is 0 Å². The van der Waals surface area contributed by atoms with Crippen LogP contribution in [0.3, 0.4) is 0 Å². The molecule has 0 saturated carbocycles. The first-order valence-corrected chi connectivity index (χ1v) is 15.9. The van der Waals surface area contributed by atoms with Gasteiger partial charge in [0.1, 0.15) is 5.82 Å². The molecule has 5 aromatic rings. The zero-order valence-corrected chi connectivity index (χ0v) is 25.5. The van der Waals surface area contributed by atoms with Gasteiger partial charge in [-0.15, -0.1) is 21.5 Å². The molecule has 6 rings (SSSR count). The van der Waals surface area contributed by atoms with Crippen LogP contribution < -0.4 is 5.32 Å². The third-order valence-electron chi connectivity index (χ3n) is 7.26. The lowest BCUT2D eigenvalue weighted by Gasteiger charge is -2.22. The van der Waals surface area contributed by atoms with Crippen LogP contribution in [-0.4, -0.2) is 43.1 Å². The van der Waals surface area contributed by atoms with Crippen molar-refractivity contribution in [3.63, 3.8) is 0 Å². The first-order chi connectivity index (χ1) is 21.5. The molecule has 0 aliphatic carbocycles. The summed E-state index contributed by atoms with van der Waals surface area (Å²) in [6.45, 7) is 2.51. The van der Waals surface area contributed by atoms with Crippen molar-refractivity contribution in [2.75, 3.05) is 5.75 Å². The standard InChI is InChI=1S/C33H29FN6O2S2/c1-22-13-15-24(16-14-22)28-18-27(29-12-7-17-43-29)38-40(28)31(41)21-44-33-37-36-30(39(33)20-23-8-3-2-4-9-23)19-35-32(42)25-10-5-6-11-26(25)34/h2-17,28H,18-21H2,1H3,(H,35,42)/t28-/m0/s1. The highest BCUT2D eigenvalue weighted by Gasteiger charge is 2.33. The van der Waals surface area contributed by atoms with Crippen molar-refractivity contribution in [2.45, 2.75) is 37.6 Å². The molecule has 1 aliphatic rings. The van der Waals surface area contributed by atoms with E-state index in [9.17, 15) is 14.0 Å². The number of carbonyl (C=O) groups excluding carboxylic acids is 2. The van der Waals surface area contributed by atoms with E-state index in [1.165, 1.54) is 30.0 Å². The first-order valence-electron chi connectivity index (χ1n) is 14.1. The summed E-state index contributed by atoms with van der Waals surface area (Å²) in [7, 11) is 0. The molecular formula is C33H29FN6O2S2. The highest BCUT2D eigenvalue weighted by molar-refractivity contribution is 7.99. The van der Waals surface area contributed by atoms with Crippen molar-refractivity contribution in [3.05, 3.63) is 135 Å². The highest BCUT2D eigenvalue weighted by atomic mass is 32.2. The monoisotopic (exact) mass is 624 g/mol. The Morgan fingerprint density at radius 1 is 0.977 bits per heavy atom. The molecule has 0 spiro atoms. The molecule has 222 valence electrons. The van der Waals surface area contributed by atoms with E-state index in [0.29, 0.717) is 23.9 Å². The molecule has 44 heavy (non-hydrogen) atoms. The molecule has 3 heterocycles. The van der Waals surface area contributed by atoms with Crippen molar-refractivity contribution >= 4 is 40.6 Å². The number of carbonyl (C=O) groups is 2. The second-order valence-corrected chi connectivity index (χ2v) is 12.2. The minimum Gasteiger partial charge on any atom is -0.345 e. The Labute approximate surface area is 262 Å². The molecule has 1 aliphatic heterocycles. The minimum atomic E-state index is -0.596. The Morgan fingerprint density at radius 3 is 2.50 bits per heavy atom. The summed E-state index contributed by atoms with van der Waals surface area (Å²) < 4.78 is 16.0. The van der Waals surface area contributed by atoms with E-state index in [2.05, 4.69) is 39.8 Å². The lowest BCUT2D eigenvalue weighted by Crippen LogP contribution is -2.28. The first kappa shape index (κ1) is 29.5. The van der Waals surface area contributed by atoms with Crippen LogP contribution >= 0.6 is 23.1 Å².